The lowest BCUT2D eigenvalue weighted by Gasteiger charge is -2.11. The molecule has 0 bridgehead atoms. The van der Waals surface area contributed by atoms with Gasteiger partial charge in [0.15, 0.2) is 6.20 Å². The van der Waals surface area contributed by atoms with Crippen LogP contribution < -0.4 is 36.6 Å². The van der Waals surface area contributed by atoms with Crippen LogP contribution in [0.25, 0.3) is 11.1 Å². The number of allylic oxidation sites excluding steroid dienone is 1. The smallest absolute Gasteiger partial charge is 0.272 e. The maximum Gasteiger partial charge on any atom is 0.272 e. The van der Waals surface area contributed by atoms with Gasteiger partial charge >= 0.3 is 0 Å². The molecular formula is C22H22ClN3OS2. The number of aromatic nitrogens is 2. The van der Waals surface area contributed by atoms with E-state index in [1.165, 1.54) is 4.90 Å². The highest BCUT2D eigenvalue weighted by Crippen LogP contribution is 2.44. The Hall–Kier alpha value is -2.28. The minimum atomic E-state index is 0. The summed E-state index contributed by atoms with van der Waals surface area (Å²) >= 11 is 3.21. The van der Waals surface area contributed by atoms with Crippen LogP contribution in [0.4, 0.5) is 5.69 Å². The van der Waals surface area contributed by atoms with E-state index in [0.717, 1.165) is 32.2 Å². The molecule has 3 heterocycles. The molecule has 4 rings (SSSR count). The fraction of sp³-hybridized carbons (Fsp3) is 0.182. The number of nitrogens with zero attached hydrogens (tertiary/aromatic N) is 3. The largest absolute Gasteiger partial charge is 1.00 e. The van der Waals surface area contributed by atoms with E-state index in [9.17, 15) is 4.79 Å². The molecule has 3 aromatic rings. The molecule has 0 spiro atoms. The number of rotatable bonds is 4. The number of aryl methyl sites for hydroxylation is 1. The molecule has 0 aliphatic carbocycles. The van der Waals surface area contributed by atoms with Crippen molar-refractivity contribution in [1.29, 1.82) is 0 Å². The number of anilines is 1. The van der Waals surface area contributed by atoms with Crippen LogP contribution in [-0.4, -0.2) is 11.6 Å². The molecule has 1 aliphatic rings. The van der Waals surface area contributed by atoms with Crippen molar-refractivity contribution in [2.24, 2.45) is 0 Å². The van der Waals surface area contributed by atoms with Gasteiger partial charge in [-0.2, -0.15) is 4.57 Å². The number of thioether (sulfide) groups is 1. The summed E-state index contributed by atoms with van der Waals surface area (Å²) in [6.45, 7) is 7.32. The lowest BCUT2D eigenvalue weighted by atomic mass is 10.3. The van der Waals surface area contributed by atoms with Crippen molar-refractivity contribution in [3.63, 3.8) is 0 Å². The third kappa shape index (κ3) is 3.92. The van der Waals surface area contributed by atoms with Crippen LogP contribution in [0.5, 0.6) is 0 Å². The number of para-hydroxylation sites is 1. The lowest BCUT2D eigenvalue weighted by Crippen LogP contribution is -3.00. The van der Waals surface area contributed by atoms with E-state index >= 15 is 0 Å². The molecule has 0 atom stereocenters. The molecule has 0 fully saturated rings. The monoisotopic (exact) mass is 443 g/mol. The van der Waals surface area contributed by atoms with Crippen molar-refractivity contribution in [1.82, 2.24) is 4.57 Å². The first-order valence-electron chi connectivity index (χ1n) is 9.19. The van der Waals surface area contributed by atoms with Gasteiger partial charge in [0, 0.05) is 36.7 Å². The average molecular weight is 444 g/mol. The summed E-state index contributed by atoms with van der Waals surface area (Å²) < 4.78 is 5.69. The van der Waals surface area contributed by atoms with E-state index in [1.54, 1.807) is 29.2 Å². The minimum absolute atomic E-state index is 0. The van der Waals surface area contributed by atoms with Crippen LogP contribution in [0.1, 0.15) is 12.6 Å². The Kier molecular flexibility index (Phi) is 6.67. The molecule has 0 saturated carbocycles. The molecule has 4 nitrogen and oxygen atoms in total. The zero-order valence-corrected chi connectivity index (χ0v) is 18.7. The molecule has 0 radical (unpaired) electrons. The van der Waals surface area contributed by atoms with Crippen LogP contribution in [0.15, 0.2) is 71.0 Å². The quantitative estimate of drug-likeness (QED) is 0.404. The first kappa shape index (κ1) is 21.4. The molecule has 1 aromatic carbocycles. The molecule has 0 unspecified atom stereocenters. The van der Waals surface area contributed by atoms with Crippen LogP contribution in [0, 0.1) is 0 Å². The second kappa shape index (κ2) is 9.03. The minimum Gasteiger partial charge on any atom is -1.00 e. The van der Waals surface area contributed by atoms with E-state index in [1.807, 2.05) is 35.9 Å². The van der Waals surface area contributed by atoms with Crippen molar-refractivity contribution >= 4 is 39.9 Å². The Balaban J connectivity index is 0.00000240. The summed E-state index contributed by atoms with van der Waals surface area (Å²) in [7, 11) is 2.02. The van der Waals surface area contributed by atoms with Crippen LogP contribution in [0.2, 0.25) is 0 Å². The molecule has 150 valence electrons. The van der Waals surface area contributed by atoms with Crippen molar-refractivity contribution in [3.05, 3.63) is 86.6 Å². The zero-order valence-electron chi connectivity index (χ0n) is 16.3. The van der Waals surface area contributed by atoms with Gasteiger partial charge in [0.2, 0.25) is 5.69 Å². The summed E-state index contributed by atoms with van der Waals surface area (Å²) in [6, 6.07) is 14.4. The number of thiazole rings is 1. The van der Waals surface area contributed by atoms with E-state index in [0.29, 0.717) is 6.54 Å². The maximum absolute atomic E-state index is 13.2. The summed E-state index contributed by atoms with van der Waals surface area (Å²) in [5.74, 6) is 0. The van der Waals surface area contributed by atoms with E-state index in [4.69, 9.17) is 0 Å². The second-order valence-corrected chi connectivity index (χ2v) is 8.52. The average Bonchev–Trinajstić information content (AvgIpc) is 3.20. The molecule has 7 heteroatoms. The number of halogens is 1. The molecule has 0 amide bonds. The molecule has 0 N–H and O–H groups in total. The van der Waals surface area contributed by atoms with Gasteiger partial charge in [-0.1, -0.05) is 30.0 Å². The van der Waals surface area contributed by atoms with E-state index in [-0.39, 0.29) is 18.0 Å². The summed E-state index contributed by atoms with van der Waals surface area (Å²) in [4.78, 5) is 16.5. The Morgan fingerprint density at radius 1 is 1.17 bits per heavy atom. The third-order valence-corrected chi connectivity index (χ3v) is 7.23. The number of pyridine rings is 1. The van der Waals surface area contributed by atoms with Gasteiger partial charge in [0.1, 0.15) is 20.8 Å². The third-order valence-electron chi connectivity index (χ3n) is 4.74. The van der Waals surface area contributed by atoms with Gasteiger partial charge in [-0.25, -0.2) is 0 Å². The van der Waals surface area contributed by atoms with Gasteiger partial charge in [-0.05, 0) is 25.1 Å². The number of hydrogen-bond donors (Lipinski definition) is 0. The Morgan fingerprint density at radius 2 is 1.93 bits per heavy atom. The van der Waals surface area contributed by atoms with Crippen molar-refractivity contribution in [3.8, 4) is 0 Å². The first-order valence-corrected chi connectivity index (χ1v) is 10.8. The zero-order chi connectivity index (χ0) is 19.7. The van der Waals surface area contributed by atoms with Crippen LogP contribution in [-0.2, 0) is 13.1 Å². The highest BCUT2D eigenvalue weighted by atomic mass is 35.5. The predicted octanol–water partition coefficient (Wildman–Crippen LogP) is -0.456. The van der Waals surface area contributed by atoms with Crippen molar-refractivity contribution < 1.29 is 17.0 Å². The first-order chi connectivity index (χ1) is 13.6. The highest BCUT2D eigenvalue weighted by Gasteiger charge is 2.24. The Morgan fingerprint density at radius 3 is 2.66 bits per heavy atom. The molecular weight excluding hydrogens is 422 g/mol. The number of benzene rings is 1. The van der Waals surface area contributed by atoms with Gasteiger partial charge in [0.05, 0.1) is 5.69 Å². The van der Waals surface area contributed by atoms with Crippen molar-refractivity contribution in [2.45, 2.75) is 24.9 Å². The second-order valence-electron chi connectivity index (χ2n) is 6.46. The standard InChI is InChI=1S/C22H22N3OS2.ClH/c1-4-13-25-19(15-16-10-8-9-14-24(16)5-2)28-20(21(25)26)22-23(3)17-11-6-7-12-18(17)27-22;/h4,6-12,14-15H,1,5,13H2,2-3H3;1H/q+1;/p-1. The topological polar surface area (TPSA) is 29.1 Å². The van der Waals surface area contributed by atoms with Gasteiger partial charge in [0.25, 0.3) is 5.56 Å². The number of fused-ring (bicyclic) bond motifs is 1. The lowest BCUT2D eigenvalue weighted by molar-refractivity contribution is -0.695. The number of hydrogen-bond acceptors (Lipinski definition) is 4. The van der Waals surface area contributed by atoms with Crippen LogP contribution >= 0.6 is 23.1 Å². The summed E-state index contributed by atoms with van der Waals surface area (Å²) in [6.07, 6.45) is 5.93. The van der Waals surface area contributed by atoms with Crippen molar-refractivity contribution in [2.75, 3.05) is 11.9 Å². The van der Waals surface area contributed by atoms with Gasteiger partial charge < -0.3 is 17.3 Å². The molecule has 1 aliphatic heterocycles. The normalized spacial score (nSPS) is 15.2. The molecule has 29 heavy (non-hydrogen) atoms. The predicted molar refractivity (Wildman–Crippen MR) is 118 cm³/mol. The summed E-state index contributed by atoms with van der Waals surface area (Å²) in [5, 5.41) is 0.991. The van der Waals surface area contributed by atoms with E-state index in [2.05, 4.69) is 53.4 Å². The fourth-order valence-electron chi connectivity index (χ4n) is 3.31. The van der Waals surface area contributed by atoms with Gasteiger partial charge in [-0.15, -0.1) is 17.9 Å². The fourth-order valence-corrected chi connectivity index (χ4v) is 5.71. The summed E-state index contributed by atoms with van der Waals surface area (Å²) in [5.41, 5.74) is 2.26. The van der Waals surface area contributed by atoms with Crippen LogP contribution in [0.3, 0.4) is 0 Å². The Bertz CT molecular complexity index is 1230. The SMILES string of the molecule is C=CCn1c(=Cc2cccc[n+]2CC)sc(=C2Sc3ccccc3N2C)c1=O.[Cl-]. The Labute approximate surface area is 184 Å². The highest BCUT2D eigenvalue weighted by molar-refractivity contribution is 8.08. The molecule has 0 saturated heterocycles. The van der Waals surface area contributed by atoms with Gasteiger partial charge in [-0.3, -0.25) is 9.36 Å². The molecule has 2 aromatic heterocycles. The van der Waals surface area contributed by atoms with E-state index < -0.39 is 0 Å². The maximum atomic E-state index is 13.2.